The summed E-state index contributed by atoms with van der Waals surface area (Å²) in [6.07, 6.45) is 1.13. The largest absolute Gasteiger partial charge is 0.469 e. The molecule has 1 fully saturated rings. The van der Waals surface area contributed by atoms with Gasteiger partial charge in [0.2, 0.25) is 0 Å². The van der Waals surface area contributed by atoms with Crippen LogP contribution in [0.4, 0.5) is 5.69 Å². The van der Waals surface area contributed by atoms with Gasteiger partial charge in [0.25, 0.3) is 5.91 Å². The lowest BCUT2D eigenvalue weighted by Crippen LogP contribution is -2.42. The summed E-state index contributed by atoms with van der Waals surface area (Å²) in [5.41, 5.74) is 1.29. The van der Waals surface area contributed by atoms with Crippen LogP contribution in [-0.2, 0) is 19.1 Å². The van der Waals surface area contributed by atoms with Gasteiger partial charge in [0.05, 0.1) is 18.6 Å². The lowest BCUT2D eigenvalue weighted by molar-refractivity contribution is -0.149. The minimum Gasteiger partial charge on any atom is -0.469 e. The second-order valence-electron chi connectivity index (χ2n) is 6.20. The van der Waals surface area contributed by atoms with E-state index in [0.717, 1.165) is 5.69 Å². The summed E-state index contributed by atoms with van der Waals surface area (Å²) >= 11 is 0. The van der Waals surface area contributed by atoms with Crippen LogP contribution in [0.3, 0.4) is 0 Å². The quantitative estimate of drug-likeness (QED) is 0.747. The number of amides is 1. The second kappa shape index (κ2) is 8.50. The Balaban J connectivity index is 1.83. The number of hydrogen-bond donors (Lipinski definition) is 0. The molecule has 0 aromatic heterocycles. The van der Waals surface area contributed by atoms with E-state index in [0.29, 0.717) is 31.5 Å². The number of esters is 2. The smallest absolute Gasteiger partial charge is 0.338 e. The average Bonchev–Trinajstić information content (AvgIpc) is 2.65. The third kappa shape index (κ3) is 4.95. The number of anilines is 1. The summed E-state index contributed by atoms with van der Waals surface area (Å²) in [7, 11) is 5.13. The van der Waals surface area contributed by atoms with Crippen molar-refractivity contribution >= 4 is 23.5 Å². The standard InChI is InChI=1S/C18H24N2O5/c1-19(2)15-6-4-5-14(11-15)18(23)25-12-16(21)20-9-7-13(8-10-20)17(22)24-3/h4-6,11,13H,7-10,12H2,1-3H3. The van der Waals surface area contributed by atoms with E-state index in [2.05, 4.69) is 0 Å². The Morgan fingerprint density at radius 2 is 1.88 bits per heavy atom. The minimum atomic E-state index is -0.526. The Kier molecular flexibility index (Phi) is 6.38. The Morgan fingerprint density at radius 3 is 2.48 bits per heavy atom. The first-order valence-corrected chi connectivity index (χ1v) is 8.22. The van der Waals surface area contributed by atoms with Gasteiger partial charge in [-0.05, 0) is 31.0 Å². The molecule has 1 saturated heterocycles. The highest BCUT2D eigenvalue weighted by Gasteiger charge is 2.28. The van der Waals surface area contributed by atoms with Gasteiger partial charge >= 0.3 is 11.9 Å². The molecule has 136 valence electrons. The van der Waals surface area contributed by atoms with Gasteiger partial charge in [-0.3, -0.25) is 9.59 Å². The molecule has 25 heavy (non-hydrogen) atoms. The van der Waals surface area contributed by atoms with E-state index in [1.807, 2.05) is 25.1 Å². The molecule has 0 atom stereocenters. The predicted octanol–water partition coefficient (Wildman–Crippen LogP) is 1.32. The van der Waals surface area contributed by atoms with E-state index in [-0.39, 0.29) is 24.4 Å². The summed E-state index contributed by atoms with van der Waals surface area (Å²) < 4.78 is 9.86. The molecule has 0 bridgehead atoms. The maximum atomic E-state index is 12.2. The van der Waals surface area contributed by atoms with Crippen molar-refractivity contribution in [1.82, 2.24) is 4.90 Å². The minimum absolute atomic E-state index is 0.162. The highest BCUT2D eigenvalue weighted by atomic mass is 16.5. The Morgan fingerprint density at radius 1 is 1.20 bits per heavy atom. The highest BCUT2D eigenvalue weighted by molar-refractivity contribution is 5.92. The molecule has 0 radical (unpaired) electrons. The number of piperidine rings is 1. The highest BCUT2D eigenvalue weighted by Crippen LogP contribution is 2.19. The number of ether oxygens (including phenoxy) is 2. The number of nitrogens with zero attached hydrogens (tertiary/aromatic N) is 2. The third-order valence-corrected chi connectivity index (χ3v) is 4.31. The zero-order valence-electron chi connectivity index (χ0n) is 14.9. The molecule has 1 amide bonds. The van der Waals surface area contributed by atoms with Crippen LogP contribution in [0, 0.1) is 5.92 Å². The molecule has 7 heteroatoms. The molecule has 0 saturated carbocycles. The summed E-state index contributed by atoms with van der Waals surface area (Å²) in [5.74, 6) is -1.17. The van der Waals surface area contributed by atoms with E-state index < -0.39 is 5.97 Å². The molecule has 1 heterocycles. The van der Waals surface area contributed by atoms with Gasteiger partial charge in [-0.1, -0.05) is 6.07 Å². The lowest BCUT2D eigenvalue weighted by atomic mass is 9.97. The maximum absolute atomic E-state index is 12.2. The normalized spacial score (nSPS) is 14.8. The Labute approximate surface area is 147 Å². The van der Waals surface area contributed by atoms with Gasteiger partial charge in [0.15, 0.2) is 6.61 Å². The van der Waals surface area contributed by atoms with E-state index in [4.69, 9.17) is 9.47 Å². The number of likely N-dealkylation sites (tertiary alicyclic amines) is 1. The van der Waals surface area contributed by atoms with Gasteiger partial charge in [0, 0.05) is 32.9 Å². The number of methoxy groups -OCH3 is 1. The van der Waals surface area contributed by atoms with Crippen molar-refractivity contribution in [3.05, 3.63) is 29.8 Å². The lowest BCUT2D eigenvalue weighted by Gasteiger charge is -2.30. The van der Waals surface area contributed by atoms with Crippen molar-refractivity contribution in [3.63, 3.8) is 0 Å². The fourth-order valence-corrected chi connectivity index (χ4v) is 2.74. The van der Waals surface area contributed by atoms with Crippen LogP contribution in [0.25, 0.3) is 0 Å². The molecule has 1 aromatic carbocycles. The summed E-state index contributed by atoms with van der Waals surface area (Å²) in [6, 6.07) is 7.02. The van der Waals surface area contributed by atoms with Crippen LogP contribution in [-0.4, -0.2) is 63.6 Å². The molecule has 0 unspecified atom stereocenters. The number of carbonyl (C=O) groups is 3. The van der Waals surface area contributed by atoms with Crippen molar-refractivity contribution in [2.45, 2.75) is 12.8 Å². The van der Waals surface area contributed by atoms with Crippen molar-refractivity contribution in [2.75, 3.05) is 45.8 Å². The molecular weight excluding hydrogens is 324 g/mol. The zero-order chi connectivity index (χ0) is 18.4. The van der Waals surface area contributed by atoms with Crippen LogP contribution in [0.5, 0.6) is 0 Å². The second-order valence-corrected chi connectivity index (χ2v) is 6.20. The Hall–Kier alpha value is -2.57. The van der Waals surface area contributed by atoms with Crippen molar-refractivity contribution in [2.24, 2.45) is 5.92 Å². The van der Waals surface area contributed by atoms with Crippen LogP contribution in [0.15, 0.2) is 24.3 Å². The van der Waals surface area contributed by atoms with Crippen molar-refractivity contribution in [1.29, 1.82) is 0 Å². The number of hydrogen-bond acceptors (Lipinski definition) is 6. The summed E-state index contributed by atoms with van der Waals surface area (Å²) in [6.45, 7) is 0.631. The van der Waals surface area contributed by atoms with Crippen molar-refractivity contribution in [3.8, 4) is 0 Å². The first-order chi connectivity index (χ1) is 11.9. The molecular formula is C18H24N2O5. The van der Waals surface area contributed by atoms with Crippen LogP contribution < -0.4 is 4.90 Å². The van der Waals surface area contributed by atoms with Crippen LogP contribution in [0.1, 0.15) is 23.2 Å². The third-order valence-electron chi connectivity index (χ3n) is 4.31. The van der Waals surface area contributed by atoms with Crippen LogP contribution >= 0.6 is 0 Å². The monoisotopic (exact) mass is 348 g/mol. The fraction of sp³-hybridized carbons (Fsp3) is 0.500. The fourth-order valence-electron chi connectivity index (χ4n) is 2.74. The predicted molar refractivity (Wildman–Crippen MR) is 92.4 cm³/mol. The van der Waals surface area contributed by atoms with Gasteiger partial charge in [-0.15, -0.1) is 0 Å². The first-order valence-electron chi connectivity index (χ1n) is 8.22. The van der Waals surface area contributed by atoms with Crippen molar-refractivity contribution < 1.29 is 23.9 Å². The number of benzene rings is 1. The van der Waals surface area contributed by atoms with E-state index in [9.17, 15) is 14.4 Å². The summed E-state index contributed by atoms with van der Waals surface area (Å²) in [5, 5.41) is 0. The molecule has 1 aliphatic rings. The Bertz CT molecular complexity index is 636. The number of rotatable bonds is 5. The molecule has 2 rings (SSSR count). The van der Waals surface area contributed by atoms with E-state index in [1.54, 1.807) is 23.1 Å². The maximum Gasteiger partial charge on any atom is 0.338 e. The van der Waals surface area contributed by atoms with E-state index in [1.165, 1.54) is 7.11 Å². The molecule has 1 aromatic rings. The zero-order valence-corrected chi connectivity index (χ0v) is 14.9. The molecule has 0 spiro atoms. The van der Waals surface area contributed by atoms with Gasteiger partial charge in [-0.25, -0.2) is 4.79 Å². The van der Waals surface area contributed by atoms with E-state index >= 15 is 0 Å². The van der Waals surface area contributed by atoms with Gasteiger partial charge in [-0.2, -0.15) is 0 Å². The topological polar surface area (TPSA) is 76.1 Å². The molecule has 7 nitrogen and oxygen atoms in total. The first kappa shape index (κ1) is 18.8. The molecule has 0 N–H and O–H groups in total. The number of carbonyl (C=O) groups excluding carboxylic acids is 3. The average molecular weight is 348 g/mol. The summed E-state index contributed by atoms with van der Waals surface area (Å²) in [4.78, 5) is 39.3. The van der Waals surface area contributed by atoms with Gasteiger partial charge in [0.1, 0.15) is 0 Å². The SMILES string of the molecule is COC(=O)C1CCN(C(=O)COC(=O)c2cccc(N(C)C)c2)CC1. The van der Waals surface area contributed by atoms with Gasteiger partial charge < -0.3 is 19.3 Å². The van der Waals surface area contributed by atoms with Crippen LogP contribution in [0.2, 0.25) is 0 Å². The molecule has 1 aliphatic heterocycles. The molecule has 0 aliphatic carbocycles.